The number of aromatic amines is 1. The first-order valence-corrected chi connectivity index (χ1v) is 6.02. The fourth-order valence-corrected chi connectivity index (χ4v) is 1.91. The Morgan fingerprint density at radius 1 is 1.21 bits per heavy atom. The van der Waals surface area contributed by atoms with Gasteiger partial charge in [-0.3, -0.25) is 0 Å². The van der Waals surface area contributed by atoms with E-state index in [-0.39, 0.29) is 6.04 Å². The standard InChI is InChI=1S/C13H14N6/c1-8(12-15-6-7-16-12)17-13-11(14)18-9-4-2-3-5-10(9)19-13/h2-8H,1H3,(H2,14,18)(H,15,16)(H,17,19). The average Bonchev–Trinajstić information content (AvgIpc) is 2.93. The summed E-state index contributed by atoms with van der Waals surface area (Å²) in [6, 6.07) is 7.61. The number of aromatic nitrogens is 4. The average molecular weight is 254 g/mol. The number of para-hydroxylation sites is 2. The van der Waals surface area contributed by atoms with E-state index in [1.165, 1.54) is 0 Å². The van der Waals surface area contributed by atoms with Crippen molar-refractivity contribution in [2.75, 3.05) is 11.1 Å². The quantitative estimate of drug-likeness (QED) is 0.665. The second kappa shape index (κ2) is 4.56. The molecule has 1 atom stereocenters. The van der Waals surface area contributed by atoms with Gasteiger partial charge in [-0.1, -0.05) is 12.1 Å². The molecule has 0 saturated heterocycles. The van der Waals surface area contributed by atoms with E-state index < -0.39 is 0 Å². The molecule has 0 spiro atoms. The van der Waals surface area contributed by atoms with Crippen LogP contribution in [0.5, 0.6) is 0 Å². The van der Waals surface area contributed by atoms with Gasteiger partial charge in [0.15, 0.2) is 11.6 Å². The predicted octanol–water partition coefficient (Wildman–Crippen LogP) is 2.11. The summed E-state index contributed by atoms with van der Waals surface area (Å²) in [5.74, 6) is 1.79. The van der Waals surface area contributed by atoms with Crippen molar-refractivity contribution < 1.29 is 0 Å². The summed E-state index contributed by atoms with van der Waals surface area (Å²) < 4.78 is 0. The van der Waals surface area contributed by atoms with Crippen LogP contribution in [0.1, 0.15) is 18.8 Å². The summed E-state index contributed by atoms with van der Waals surface area (Å²) in [6.45, 7) is 1.98. The highest BCUT2D eigenvalue weighted by Crippen LogP contribution is 2.22. The van der Waals surface area contributed by atoms with Gasteiger partial charge in [0.25, 0.3) is 0 Å². The van der Waals surface area contributed by atoms with Crippen molar-refractivity contribution in [1.29, 1.82) is 0 Å². The van der Waals surface area contributed by atoms with Gasteiger partial charge in [-0.2, -0.15) is 0 Å². The van der Waals surface area contributed by atoms with Gasteiger partial charge in [0, 0.05) is 12.4 Å². The molecular formula is C13H14N6. The second-order valence-electron chi connectivity index (χ2n) is 4.29. The van der Waals surface area contributed by atoms with Crippen molar-refractivity contribution in [3.8, 4) is 0 Å². The van der Waals surface area contributed by atoms with Crippen LogP contribution in [0.25, 0.3) is 11.0 Å². The molecule has 0 fully saturated rings. The third kappa shape index (κ3) is 2.20. The van der Waals surface area contributed by atoms with Gasteiger partial charge in [-0.15, -0.1) is 0 Å². The molecule has 1 aromatic carbocycles. The molecular weight excluding hydrogens is 240 g/mol. The number of benzene rings is 1. The molecule has 0 radical (unpaired) electrons. The molecule has 4 N–H and O–H groups in total. The maximum Gasteiger partial charge on any atom is 0.170 e. The molecule has 1 unspecified atom stereocenters. The number of hydrogen-bond donors (Lipinski definition) is 3. The van der Waals surface area contributed by atoms with Gasteiger partial charge in [0.05, 0.1) is 17.1 Å². The normalized spacial score (nSPS) is 12.5. The summed E-state index contributed by atoms with van der Waals surface area (Å²) in [6.07, 6.45) is 3.49. The molecule has 3 rings (SSSR count). The van der Waals surface area contributed by atoms with E-state index in [9.17, 15) is 0 Å². The Balaban J connectivity index is 1.94. The number of imidazole rings is 1. The van der Waals surface area contributed by atoms with Crippen LogP contribution in [0.4, 0.5) is 11.6 Å². The first-order valence-electron chi connectivity index (χ1n) is 6.02. The Hall–Kier alpha value is -2.63. The molecule has 0 amide bonds. The minimum atomic E-state index is -0.0206. The van der Waals surface area contributed by atoms with E-state index in [1.807, 2.05) is 31.2 Å². The highest BCUT2D eigenvalue weighted by molar-refractivity contribution is 5.79. The van der Waals surface area contributed by atoms with Gasteiger partial charge in [0.1, 0.15) is 5.82 Å². The smallest absolute Gasteiger partial charge is 0.170 e. The third-order valence-corrected chi connectivity index (χ3v) is 2.88. The number of hydrogen-bond acceptors (Lipinski definition) is 5. The summed E-state index contributed by atoms with van der Waals surface area (Å²) in [7, 11) is 0. The number of rotatable bonds is 3. The zero-order valence-electron chi connectivity index (χ0n) is 10.5. The fraction of sp³-hybridized carbons (Fsp3) is 0.154. The van der Waals surface area contributed by atoms with E-state index in [1.54, 1.807) is 12.4 Å². The van der Waals surface area contributed by atoms with Crippen molar-refractivity contribution in [1.82, 2.24) is 19.9 Å². The molecule has 0 saturated carbocycles. The van der Waals surface area contributed by atoms with Crippen molar-refractivity contribution >= 4 is 22.7 Å². The molecule has 3 aromatic rings. The van der Waals surface area contributed by atoms with Crippen LogP contribution < -0.4 is 11.1 Å². The van der Waals surface area contributed by atoms with E-state index in [2.05, 4.69) is 25.3 Å². The molecule has 2 heterocycles. The van der Waals surface area contributed by atoms with Gasteiger partial charge < -0.3 is 16.0 Å². The zero-order chi connectivity index (χ0) is 13.2. The Labute approximate surface area is 110 Å². The monoisotopic (exact) mass is 254 g/mol. The molecule has 6 nitrogen and oxygen atoms in total. The maximum absolute atomic E-state index is 5.92. The lowest BCUT2D eigenvalue weighted by atomic mass is 10.3. The first-order chi connectivity index (χ1) is 9.24. The van der Waals surface area contributed by atoms with Crippen molar-refractivity contribution in [3.05, 3.63) is 42.5 Å². The van der Waals surface area contributed by atoms with Gasteiger partial charge >= 0.3 is 0 Å². The van der Waals surface area contributed by atoms with Crippen molar-refractivity contribution in [2.24, 2.45) is 0 Å². The van der Waals surface area contributed by atoms with Crippen LogP contribution in [0.2, 0.25) is 0 Å². The summed E-state index contributed by atoms with van der Waals surface area (Å²) in [5, 5.41) is 3.21. The lowest BCUT2D eigenvalue weighted by Crippen LogP contribution is -2.12. The van der Waals surface area contributed by atoms with Crippen molar-refractivity contribution in [3.63, 3.8) is 0 Å². The summed E-state index contributed by atoms with van der Waals surface area (Å²) >= 11 is 0. The van der Waals surface area contributed by atoms with E-state index >= 15 is 0 Å². The predicted molar refractivity (Wildman–Crippen MR) is 74.6 cm³/mol. The minimum absolute atomic E-state index is 0.0206. The third-order valence-electron chi connectivity index (χ3n) is 2.88. The van der Waals surface area contributed by atoms with Crippen LogP contribution in [0, 0.1) is 0 Å². The fourth-order valence-electron chi connectivity index (χ4n) is 1.91. The first kappa shape index (κ1) is 11.5. The van der Waals surface area contributed by atoms with E-state index in [0.717, 1.165) is 16.9 Å². The molecule has 19 heavy (non-hydrogen) atoms. The SMILES string of the molecule is CC(Nc1nc2ccccc2nc1N)c1ncc[nH]1. The number of nitrogen functional groups attached to an aromatic ring is 1. The molecule has 0 aliphatic heterocycles. The Morgan fingerprint density at radius 3 is 2.63 bits per heavy atom. The van der Waals surface area contributed by atoms with Crippen molar-refractivity contribution in [2.45, 2.75) is 13.0 Å². The highest BCUT2D eigenvalue weighted by atomic mass is 15.1. The zero-order valence-corrected chi connectivity index (χ0v) is 10.5. The lowest BCUT2D eigenvalue weighted by Gasteiger charge is -2.13. The number of H-pyrrole nitrogens is 1. The van der Waals surface area contributed by atoms with Gasteiger partial charge in [-0.25, -0.2) is 15.0 Å². The van der Waals surface area contributed by atoms with Crippen LogP contribution in [-0.2, 0) is 0 Å². The molecule has 96 valence electrons. The van der Waals surface area contributed by atoms with E-state index in [4.69, 9.17) is 5.73 Å². The number of fused-ring (bicyclic) bond motifs is 1. The summed E-state index contributed by atoms with van der Waals surface area (Å²) in [4.78, 5) is 16.1. The number of nitrogens with one attached hydrogen (secondary N) is 2. The Kier molecular flexibility index (Phi) is 2.75. The number of nitrogens with zero attached hydrogens (tertiary/aromatic N) is 3. The number of anilines is 2. The maximum atomic E-state index is 5.92. The van der Waals surface area contributed by atoms with Crippen LogP contribution in [0.15, 0.2) is 36.7 Å². The Bertz CT molecular complexity index is 691. The second-order valence-corrected chi connectivity index (χ2v) is 4.29. The molecule has 0 aliphatic rings. The van der Waals surface area contributed by atoms with Crippen LogP contribution >= 0.6 is 0 Å². The largest absolute Gasteiger partial charge is 0.381 e. The minimum Gasteiger partial charge on any atom is -0.381 e. The van der Waals surface area contributed by atoms with Gasteiger partial charge in [0.2, 0.25) is 0 Å². The molecule has 0 bridgehead atoms. The number of nitrogens with two attached hydrogens (primary N) is 1. The Morgan fingerprint density at radius 2 is 1.95 bits per heavy atom. The van der Waals surface area contributed by atoms with Gasteiger partial charge in [-0.05, 0) is 19.1 Å². The van der Waals surface area contributed by atoms with E-state index in [0.29, 0.717) is 11.6 Å². The molecule has 0 aliphatic carbocycles. The van der Waals surface area contributed by atoms with Crippen LogP contribution in [-0.4, -0.2) is 19.9 Å². The molecule has 6 heteroatoms. The molecule has 2 aromatic heterocycles. The van der Waals surface area contributed by atoms with Crippen LogP contribution in [0.3, 0.4) is 0 Å². The highest BCUT2D eigenvalue weighted by Gasteiger charge is 2.11. The topological polar surface area (TPSA) is 92.5 Å². The summed E-state index contributed by atoms with van der Waals surface area (Å²) in [5.41, 5.74) is 7.52. The lowest BCUT2D eigenvalue weighted by molar-refractivity contribution is 0.804.